The van der Waals surface area contributed by atoms with Crippen LogP contribution < -0.4 is 0 Å². The van der Waals surface area contributed by atoms with Gasteiger partial charge in [0.1, 0.15) is 0 Å². The lowest BCUT2D eigenvalue weighted by molar-refractivity contribution is 0.0599. The number of nitrogens with zero attached hydrogens (tertiary/aromatic N) is 1. The standard InChI is InChI=1S/C12H13NO2/c1-8(2)11-6-9(7-13)4-5-10(11)12(14)15-3/h4-6,8H,1-3H3. The van der Waals surface area contributed by atoms with Crippen LogP contribution in [0.1, 0.15) is 41.3 Å². The Hall–Kier alpha value is -1.82. The van der Waals surface area contributed by atoms with Crippen LogP contribution in [0.2, 0.25) is 0 Å². The van der Waals surface area contributed by atoms with Gasteiger partial charge in [-0.2, -0.15) is 5.26 Å². The highest BCUT2D eigenvalue weighted by atomic mass is 16.5. The van der Waals surface area contributed by atoms with Crippen LogP contribution in [0.25, 0.3) is 0 Å². The van der Waals surface area contributed by atoms with Gasteiger partial charge in [0, 0.05) is 0 Å². The number of carbonyl (C=O) groups excluding carboxylic acids is 1. The maximum atomic E-state index is 11.4. The Bertz CT molecular complexity index is 416. The second kappa shape index (κ2) is 4.61. The quantitative estimate of drug-likeness (QED) is 0.694. The minimum Gasteiger partial charge on any atom is -0.465 e. The van der Waals surface area contributed by atoms with Crippen molar-refractivity contribution in [1.82, 2.24) is 0 Å². The van der Waals surface area contributed by atoms with Crippen molar-refractivity contribution in [2.45, 2.75) is 19.8 Å². The molecule has 0 N–H and O–H groups in total. The summed E-state index contributed by atoms with van der Waals surface area (Å²) < 4.78 is 4.68. The summed E-state index contributed by atoms with van der Waals surface area (Å²) in [5, 5.41) is 8.76. The number of benzene rings is 1. The van der Waals surface area contributed by atoms with Crippen molar-refractivity contribution in [2.75, 3.05) is 7.11 Å². The predicted molar refractivity (Wildman–Crippen MR) is 56.6 cm³/mol. The van der Waals surface area contributed by atoms with Crippen molar-refractivity contribution in [3.63, 3.8) is 0 Å². The van der Waals surface area contributed by atoms with E-state index in [2.05, 4.69) is 10.8 Å². The van der Waals surface area contributed by atoms with Gasteiger partial charge in [-0.25, -0.2) is 4.79 Å². The molecule has 0 heterocycles. The molecule has 0 radical (unpaired) electrons. The lowest BCUT2D eigenvalue weighted by Crippen LogP contribution is -2.07. The lowest BCUT2D eigenvalue weighted by Gasteiger charge is -2.11. The van der Waals surface area contributed by atoms with Crippen molar-refractivity contribution < 1.29 is 9.53 Å². The normalized spacial score (nSPS) is 9.80. The Morgan fingerprint density at radius 1 is 1.47 bits per heavy atom. The van der Waals surface area contributed by atoms with Crippen LogP contribution in [0.15, 0.2) is 18.2 Å². The zero-order chi connectivity index (χ0) is 11.4. The number of methoxy groups -OCH3 is 1. The Morgan fingerprint density at radius 3 is 2.60 bits per heavy atom. The number of carbonyl (C=O) groups is 1. The molecule has 1 aromatic carbocycles. The molecule has 0 aliphatic rings. The number of nitriles is 1. The van der Waals surface area contributed by atoms with Crippen molar-refractivity contribution in [3.05, 3.63) is 34.9 Å². The van der Waals surface area contributed by atoms with Crippen LogP contribution >= 0.6 is 0 Å². The van der Waals surface area contributed by atoms with E-state index in [4.69, 9.17) is 5.26 Å². The third-order valence-electron chi connectivity index (χ3n) is 2.21. The van der Waals surface area contributed by atoms with E-state index >= 15 is 0 Å². The number of ether oxygens (including phenoxy) is 1. The number of rotatable bonds is 2. The first-order valence-electron chi connectivity index (χ1n) is 4.72. The van der Waals surface area contributed by atoms with Crippen LogP contribution in [0, 0.1) is 11.3 Å². The molecule has 0 saturated heterocycles. The minimum atomic E-state index is -0.358. The van der Waals surface area contributed by atoms with E-state index in [1.807, 2.05) is 13.8 Å². The molecule has 78 valence electrons. The van der Waals surface area contributed by atoms with Crippen LogP contribution in [-0.2, 0) is 4.74 Å². The van der Waals surface area contributed by atoms with E-state index in [-0.39, 0.29) is 11.9 Å². The third kappa shape index (κ3) is 2.35. The fourth-order valence-corrected chi connectivity index (χ4v) is 1.41. The largest absolute Gasteiger partial charge is 0.465 e. The van der Waals surface area contributed by atoms with E-state index in [1.54, 1.807) is 18.2 Å². The Kier molecular flexibility index (Phi) is 3.46. The molecule has 0 fully saturated rings. The monoisotopic (exact) mass is 203 g/mol. The van der Waals surface area contributed by atoms with Crippen LogP contribution in [0.4, 0.5) is 0 Å². The molecule has 0 bridgehead atoms. The summed E-state index contributed by atoms with van der Waals surface area (Å²) in [7, 11) is 1.35. The molecule has 3 nitrogen and oxygen atoms in total. The summed E-state index contributed by atoms with van der Waals surface area (Å²) >= 11 is 0. The summed E-state index contributed by atoms with van der Waals surface area (Å²) in [6.45, 7) is 3.95. The second-order valence-corrected chi connectivity index (χ2v) is 3.56. The zero-order valence-electron chi connectivity index (χ0n) is 9.07. The molecular weight excluding hydrogens is 190 g/mol. The van der Waals surface area contributed by atoms with Crippen LogP contribution in [0.5, 0.6) is 0 Å². The van der Waals surface area contributed by atoms with Gasteiger partial charge in [-0.05, 0) is 29.7 Å². The average Bonchev–Trinajstić information content (AvgIpc) is 2.27. The van der Waals surface area contributed by atoms with Gasteiger partial charge in [0.25, 0.3) is 0 Å². The number of esters is 1. The maximum absolute atomic E-state index is 11.4. The summed E-state index contributed by atoms with van der Waals surface area (Å²) in [6, 6.07) is 7.05. The van der Waals surface area contributed by atoms with E-state index in [0.29, 0.717) is 11.1 Å². The summed E-state index contributed by atoms with van der Waals surface area (Å²) in [4.78, 5) is 11.4. The Morgan fingerprint density at radius 2 is 2.13 bits per heavy atom. The molecule has 0 spiro atoms. The van der Waals surface area contributed by atoms with Crippen LogP contribution in [0.3, 0.4) is 0 Å². The zero-order valence-corrected chi connectivity index (χ0v) is 9.07. The van der Waals surface area contributed by atoms with Crippen molar-refractivity contribution in [1.29, 1.82) is 5.26 Å². The summed E-state index contributed by atoms with van der Waals surface area (Å²) in [6.07, 6.45) is 0. The van der Waals surface area contributed by atoms with Gasteiger partial charge in [-0.3, -0.25) is 0 Å². The van der Waals surface area contributed by atoms with Gasteiger partial charge in [0.05, 0.1) is 24.3 Å². The molecule has 1 rings (SSSR count). The maximum Gasteiger partial charge on any atom is 0.338 e. The first kappa shape index (κ1) is 11.3. The topological polar surface area (TPSA) is 50.1 Å². The molecule has 0 amide bonds. The first-order valence-corrected chi connectivity index (χ1v) is 4.72. The molecule has 0 saturated carbocycles. The molecule has 1 aromatic rings. The fraction of sp³-hybridized carbons (Fsp3) is 0.333. The molecule has 15 heavy (non-hydrogen) atoms. The lowest BCUT2D eigenvalue weighted by atomic mass is 9.95. The molecule has 0 atom stereocenters. The van der Waals surface area contributed by atoms with Gasteiger partial charge in [-0.1, -0.05) is 13.8 Å². The highest BCUT2D eigenvalue weighted by molar-refractivity contribution is 5.91. The van der Waals surface area contributed by atoms with Crippen LogP contribution in [-0.4, -0.2) is 13.1 Å². The van der Waals surface area contributed by atoms with Crippen molar-refractivity contribution in [2.24, 2.45) is 0 Å². The highest BCUT2D eigenvalue weighted by Crippen LogP contribution is 2.21. The molecule has 0 aromatic heterocycles. The highest BCUT2D eigenvalue weighted by Gasteiger charge is 2.14. The number of hydrogen-bond acceptors (Lipinski definition) is 3. The van der Waals surface area contributed by atoms with Crippen molar-refractivity contribution in [3.8, 4) is 6.07 Å². The Labute approximate surface area is 89.3 Å². The van der Waals surface area contributed by atoms with Gasteiger partial charge in [-0.15, -0.1) is 0 Å². The van der Waals surface area contributed by atoms with E-state index in [9.17, 15) is 4.79 Å². The average molecular weight is 203 g/mol. The smallest absolute Gasteiger partial charge is 0.338 e. The molecular formula is C12H13NO2. The van der Waals surface area contributed by atoms with Gasteiger partial charge in [0.15, 0.2) is 0 Å². The molecule has 0 unspecified atom stereocenters. The summed E-state index contributed by atoms with van der Waals surface area (Å²) in [5.41, 5.74) is 1.94. The Balaban J connectivity index is 3.28. The van der Waals surface area contributed by atoms with E-state index in [0.717, 1.165) is 5.56 Å². The van der Waals surface area contributed by atoms with Gasteiger partial charge < -0.3 is 4.74 Å². The van der Waals surface area contributed by atoms with Gasteiger partial charge in [0.2, 0.25) is 0 Å². The molecule has 0 aliphatic heterocycles. The molecule has 0 aliphatic carbocycles. The van der Waals surface area contributed by atoms with Gasteiger partial charge >= 0.3 is 5.97 Å². The summed E-state index contributed by atoms with van der Waals surface area (Å²) in [5.74, 6) is -0.171. The van der Waals surface area contributed by atoms with Crippen molar-refractivity contribution >= 4 is 5.97 Å². The number of hydrogen-bond donors (Lipinski definition) is 0. The first-order chi connectivity index (χ1) is 7.10. The molecule has 3 heteroatoms. The van der Waals surface area contributed by atoms with E-state index in [1.165, 1.54) is 7.11 Å². The second-order valence-electron chi connectivity index (χ2n) is 3.56. The third-order valence-corrected chi connectivity index (χ3v) is 2.21. The minimum absolute atomic E-state index is 0.187. The predicted octanol–water partition coefficient (Wildman–Crippen LogP) is 2.47. The van der Waals surface area contributed by atoms with E-state index < -0.39 is 0 Å². The fourth-order valence-electron chi connectivity index (χ4n) is 1.41. The SMILES string of the molecule is COC(=O)c1ccc(C#N)cc1C(C)C.